The third-order valence-corrected chi connectivity index (χ3v) is 6.43. The first-order chi connectivity index (χ1) is 11.7. The van der Waals surface area contributed by atoms with Gasteiger partial charge in [0.1, 0.15) is 0 Å². The first kappa shape index (κ1) is 15.8. The minimum atomic E-state index is 0.661. The van der Waals surface area contributed by atoms with Crippen LogP contribution < -0.4 is 0 Å². The molecule has 0 saturated carbocycles. The lowest BCUT2D eigenvalue weighted by molar-refractivity contribution is 0.283. The van der Waals surface area contributed by atoms with Crippen LogP contribution in [0.5, 0.6) is 0 Å². The molecule has 0 N–H and O–H groups in total. The fraction of sp³-hybridized carbons (Fsp3) is 0.333. The van der Waals surface area contributed by atoms with Gasteiger partial charge in [-0.05, 0) is 51.6 Å². The summed E-state index contributed by atoms with van der Waals surface area (Å²) in [5.41, 5.74) is 2.76. The normalized spacial score (nSPS) is 18.5. The molecule has 0 aliphatic carbocycles. The molecule has 1 saturated heterocycles. The molecular formula is C21H24N2S. The molecule has 1 aromatic heterocycles. The number of hydrogen-bond acceptors (Lipinski definition) is 2. The number of para-hydroxylation sites is 1. The summed E-state index contributed by atoms with van der Waals surface area (Å²) < 4.78 is 2.53. The summed E-state index contributed by atoms with van der Waals surface area (Å²) in [5, 5.41) is 1.38. The summed E-state index contributed by atoms with van der Waals surface area (Å²) >= 11 is 1.89. The minimum Gasteiger partial charge on any atom is -0.342 e. The van der Waals surface area contributed by atoms with E-state index in [9.17, 15) is 0 Å². The van der Waals surface area contributed by atoms with Crippen molar-refractivity contribution < 1.29 is 0 Å². The molecule has 0 radical (unpaired) electrons. The molecule has 2 nitrogen and oxygen atoms in total. The maximum Gasteiger partial charge on any atom is 0.0494 e. The van der Waals surface area contributed by atoms with Crippen molar-refractivity contribution in [2.45, 2.75) is 42.1 Å². The van der Waals surface area contributed by atoms with E-state index in [4.69, 9.17) is 0 Å². The van der Waals surface area contributed by atoms with Gasteiger partial charge in [-0.25, -0.2) is 0 Å². The van der Waals surface area contributed by atoms with Crippen LogP contribution in [0.4, 0.5) is 0 Å². The number of hydrogen-bond donors (Lipinski definition) is 0. The Morgan fingerprint density at radius 1 is 1.04 bits per heavy atom. The van der Waals surface area contributed by atoms with Crippen LogP contribution in [0, 0.1) is 6.92 Å². The highest BCUT2D eigenvalue weighted by molar-refractivity contribution is 7.99. The van der Waals surface area contributed by atoms with Gasteiger partial charge in [0.2, 0.25) is 0 Å². The van der Waals surface area contributed by atoms with Crippen molar-refractivity contribution in [2.75, 3.05) is 13.6 Å². The summed E-state index contributed by atoms with van der Waals surface area (Å²) in [6.07, 6.45) is 2.63. The van der Waals surface area contributed by atoms with Crippen molar-refractivity contribution >= 4 is 22.7 Å². The number of nitrogens with zero attached hydrogens (tertiary/aromatic N) is 2. The predicted molar refractivity (Wildman–Crippen MR) is 103 cm³/mol. The Morgan fingerprint density at radius 2 is 1.79 bits per heavy atom. The van der Waals surface area contributed by atoms with Crippen LogP contribution in [0.15, 0.2) is 64.4 Å². The van der Waals surface area contributed by atoms with E-state index in [1.165, 1.54) is 45.8 Å². The predicted octanol–water partition coefficient (Wildman–Crippen LogP) is 5.20. The second-order valence-electron chi connectivity index (χ2n) is 6.73. The average molecular weight is 337 g/mol. The molecule has 0 spiro atoms. The van der Waals surface area contributed by atoms with Gasteiger partial charge in [-0.3, -0.25) is 0 Å². The Labute approximate surface area is 148 Å². The maximum atomic E-state index is 2.53. The van der Waals surface area contributed by atoms with Gasteiger partial charge in [-0.15, -0.1) is 0 Å². The fourth-order valence-electron chi connectivity index (χ4n) is 3.79. The molecule has 2 heterocycles. The van der Waals surface area contributed by atoms with Gasteiger partial charge < -0.3 is 9.47 Å². The number of benzene rings is 2. The van der Waals surface area contributed by atoms with Gasteiger partial charge in [0.15, 0.2) is 0 Å². The van der Waals surface area contributed by atoms with Crippen molar-refractivity contribution in [1.82, 2.24) is 9.47 Å². The number of fused-ring (bicyclic) bond motifs is 1. The Morgan fingerprint density at radius 3 is 2.54 bits per heavy atom. The van der Waals surface area contributed by atoms with Crippen molar-refractivity contribution in [1.29, 1.82) is 0 Å². The van der Waals surface area contributed by atoms with E-state index in [1.54, 1.807) is 0 Å². The Balaban J connectivity index is 1.75. The molecular weight excluding hydrogens is 312 g/mol. The van der Waals surface area contributed by atoms with Crippen molar-refractivity contribution in [3.05, 3.63) is 60.3 Å². The molecule has 1 aliphatic rings. The highest BCUT2D eigenvalue weighted by Gasteiger charge is 2.23. The smallest absolute Gasteiger partial charge is 0.0494 e. The van der Waals surface area contributed by atoms with Crippen LogP contribution in [-0.4, -0.2) is 29.1 Å². The minimum absolute atomic E-state index is 0.661. The van der Waals surface area contributed by atoms with E-state index in [1.807, 2.05) is 11.8 Å². The van der Waals surface area contributed by atoms with E-state index in [-0.39, 0.29) is 0 Å². The zero-order chi connectivity index (χ0) is 16.5. The molecule has 2 aromatic carbocycles. The SMILES string of the molecule is Cc1c(Sc2ccccc2)c2ccccc2n1C[C@H]1CCCN1C. The largest absolute Gasteiger partial charge is 0.342 e. The fourth-order valence-corrected chi connectivity index (χ4v) is 4.86. The zero-order valence-electron chi connectivity index (χ0n) is 14.4. The van der Waals surface area contributed by atoms with Crippen LogP contribution >= 0.6 is 11.8 Å². The van der Waals surface area contributed by atoms with Crippen LogP contribution in [0.1, 0.15) is 18.5 Å². The van der Waals surface area contributed by atoms with E-state index in [0.29, 0.717) is 6.04 Å². The molecule has 3 aromatic rings. The third kappa shape index (κ3) is 2.87. The van der Waals surface area contributed by atoms with Crippen molar-refractivity contribution in [3.63, 3.8) is 0 Å². The van der Waals surface area contributed by atoms with Gasteiger partial charge in [0.05, 0.1) is 0 Å². The Kier molecular flexibility index (Phi) is 4.38. The van der Waals surface area contributed by atoms with Crippen LogP contribution in [0.2, 0.25) is 0 Å². The monoisotopic (exact) mass is 336 g/mol. The lowest BCUT2D eigenvalue weighted by Crippen LogP contribution is -2.29. The quantitative estimate of drug-likeness (QED) is 0.647. The topological polar surface area (TPSA) is 8.17 Å². The highest BCUT2D eigenvalue weighted by Crippen LogP contribution is 2.38. The standard InChI is InChI=1S/C21H24N2S/c1-16-21(24-18-10-4-3-5-11-18)19-12-6-7-13-20(19)23(16)15-17-9-8-14-22(17)2/h3-7,10-13,17H,8-9,14-15H2,1-2H3/t17-/m1/s1. The third-order valence-electron chi connectivity index (χ3n) is 5.20. The lowest BCUT2D eigenvalue weighted by Gasteiger charge is -2.21. The van der Waals surface area contributed by atoms with E-state index in [2.05, 4.69) is 78.0 Å². The molecule has 24 heavy (non-hydrogen) atoms. The molecule has 1 aliphatic heterocycles. The number of rotatable bonds is 4. The molecule has 4 rings (SSSR count). The van der Waals surface area contributed by atoms with Gasteiger partial charge in [-0.1, -0.05) is 48.2 Å². The summed E-state index contributed by atoms with van der Waals surface area (Å²) in [6, 6.07) is 20.2. The summed E-state index contributed by atoms with van der Waals surface area (Å²) in [4.78, 5) is 5.22. The Hall–Kier alpha value is -1.71. The van der Waals surface area contributed by atoms with Gasteiger partial charge in [-0.2, -0.15) is 0 Å². The highest BCUT2D eigenvalue weighted by atomic mass is 32.2. The number of aromatic nitrogens is 1. The van der Waals surface area contributed by atoms with Crippen molar-refractivity contribution in [3.8, 4) is 0 Å². The maximum absolute atomic E-state index is 2.53. The second kappa shape index (κ2) is 6.66. The zero-order valence-corrected chi connectivity index (χ0v) is 15.2. The lowest BCUT2D eigenvalue weighted by atomic mass is 10.2. The van der Waals surface area contributed by atoms with Gasteiger partial charge in [0.25, 0.3) is 0 Å². The molecule has 1 atom stereocenters. The van der Waals surface area contributed by atoms with Crippen LogP contribution in [0.25, 0.3) is 10.9 Å². The van der Waals surface area contributed by atoms with Crippen LogP contribution in [-0.2, 0) is 6.54 Å². The molecule has 124 valence electrons. The van der Waals surface area contributed by atoms with Crippen molar-refractivity contribution in [2.24, 2.45) is 0 Å². The van der Waals surface area contributed by atoms with E-state index in [0.717, 1.165) is 6.54 Å². The summed E-state index contributed by atoms with van der Waals surface area (Å²) in [6.45, 7) is 4.60. The van der Waals surface area contributed by atoms with Gasteiger partial charge in [0, 0.05) is 39.0 Å². The first-order valence-corrected chi connectivity index (χ1v) is 9.56. The molecule has 0 unspecified atom stereocenters. The molecule has 1 fully saturated rings. The molecule has 0 amide bonds. The van der Waals surface area contributed by atoms with E-state index >= 15 is 0 Å². The molecule has 0 bridgehead atoms. The first-order valence-electron chi connectivity index (χ1n) is 8.75. The average Bonchev–Trinajstić information content (AvgIpc) is 3.13. The van der Waals surface area contributed by atoms with Gasteiger partial charge >= 0.3 is 0 Å². The number of likely N-dealkylation sites (tertiary alicyclic amines) is 1. The van der Waals surface area contributed by atoms with E-state index < -0.39 is 0 Å². The molecule has 3 heteroatoms. The number of likely N-dealkylation sites (N-methyl/N-ethyl adjacent to an activating group) is 1. The van der Waals surface area contributed by atoms with Crippen LogP contribution in [0.3, 0.4) is 0 Å². The second-order valence-corrected chi connectivity index (χ2v) is 7.82. The summed E-state index contributed by atoms with van der Waals surface area (Å²) in [5.74, 6) is 0. The Bertz CT molecular complexity index is 838. The summed E-state index contributed by atoms with van der Waals surface area (Å²) in [7, 11) is 2.26.